The lowest BCUT2D eigenvalue weighted by Gasteiger charge is -2.36. The van der Waals surface area contributed by atoms with Gasteiger partial charge in [0.05, 0.1) is 11.0 Å². The van der Waals surface area contributed by atoms with Crippen LogP contribution in [0.1, 0.15) is 36.9 Å². The highest BCUT2D eigenvalue weighted by atomic mass is 35.5. The molecular formula is C21H21ClN2O2. The summed E-state index contributed by atoms with van der Waals surface area (Å²) in [5.74, 6) is 0. The Morgan fingerprint density at radius 3 is 2.62 bits per heavy atom. The molecule has 4 nitrogen and oxygen atoms in total. The first-order chi connectivity index (χ1) is 12.5. The first-order valence-corrected chi connectivity index (χ1v) is 9.03. The molecule has 1 aliphatic rings. The maximum absolute atomic E-state index is 11.3. The van der Waals surface area contributed by atoms with Crippen LogP contribution in [0.5, 0.6) is 0 Å². The molecule has 2 aromatic rings. The van der Waals surface area contributed by atoms with E-state index in [1.54, 1.807) is 12.1 Å². The first kappa shape index (κ1) is 18.4. The predicted molar refractivity (Wildman–Crippen MR) is 105 cm³/mol. The Morgan fingerprint density at radius 1 is 1.23 bits per heavy atom. The van der Waals surface area contributed by atoms with E-state index in [9.17, 15) is 10.1 Å². The predicted octanol–water partition coefficient (Wildman–Crippen LogP) is 5.59. The third kappa shape index (κ3) is 3.87. The van der Waals surface area contributed by atoms with Gasteiger partial charge in [0.2, 0.25) is 0 Å². The lowest BCUT2D eigenvalue weighted by atomic mass is 9.85. The van der Waals surface area contributed by atoms with Crippen molar-refractivity contribution in [2.75, 3.05) is 0 Å². The van der Waals surface area contributed by atoms with Gasteiger partial charge in [-0.05, 0) is 30.0 Å². The molecule has 0 fully saturated rings. The maximum Gasteiger partial charge on any atom is 0.269 e. The fourth-order valence-corrected chi connectivity index (χ4v) is 3.50. The number of nitrogens with zero attached hydrogens (tertiary/aromatic N) is 1. The Morgan fingerprint density at radius 2 is 2.00 bits per heavy atom. The molecular weight excluding hydrogens is 348 g/mol. The van der Waals surface area contributed by atoms with Crippen molar-refractivity contribution >= 4 is 17.3 Å². The van der Waals surface area contributed by atoms with Gasteiger partial charge in [-0.1, -0.05) is 73.2 Å². The number of halogens is 1. The molecule has 134 valence electrons. The fraction of sp³-hybridized carbons (Fsp3) is 0.238. The van der Waals surface area contributed by atoms with Crippen molar-refractivity contribution in [1.82, 2.24) is 5.32 Å². The molecule has 1 N–H and O–H groups in total. The minimum atomic E-state index is -0.388. The Labute approximate surface area is 158 Å². The number of benzene rings is 2. The molecule has 0 bridgehead atoms. The molecule has 0 heterocycles. The maximum atomic E-state index is 11.3. The van der Waals surface area contributed by atoms with Gasteiger partial charge in [0.25, 0.3) is 5.69 Å². The van der Waals surface area contributed by atoms with E-state index in [4.69, 9.17) is 11.6 Å². The number of hydrogen-bond donors (Lipinski definition) is 1. The van der Waals surface area contributed by atoms with Crippen LogP contribution >= 0.6 is 11.6 Å². The Kier molecular flexibility index (Phi) is 5.55. The van der Waals surface area contributed by atoms with Crippen LogP contribution in [0.3, 0.4) is 0 Å². The molecule has 1 unspecified atom stereocenters. The van der Waals surface area contributed by atoms with Crippen molar-refractivity contribution in [1.29, 1.82) is 0 Å². The quantitative estimate of drug-likeness (QED) is 0.534. The van der Waals surface area contributed by atoms with Crippen molar-refractivity contribution in [3.8, 4) is 0 Å². The fourth-order valence-electron chi connectivity index (χ4n) is 3.28. The van der Waals surface area contributed by atoms with Gasteiger partial charge in [-0.25, -0.2) is 0 Å². The number of hydrogen-bond acceptors (Lipinski definition) is 3. The minimum Gasteiger partial charge on any atom is -0.297 e. The van der Waals surface area contributed by atoms with Crippen molar-refractivity contribution in [3.63, 3.8) is 0 Å². The lowest BCUT2D eigenvalue weighted by molar-refractivity contribution is -0.384. The highest BCUT2D eigenvalue weighted by molar-refractivity contribution is 6.31. The van der Waals surface area contributed by atoms with Crippen LogP contribution in [0.25, 0.3) is 0 Å². The van der Waals surface area contributed by atoms with Gasteiger partial charge in [-0.3, -0.25) is 15.4 Å². The van der Waals surface area contributed by atoms with Crippen LogP contribution in [-0.4, -0.2) is 10.5 Å². The number of rotatable bonds is 6. The first-order valence-electron chi connectivity index (χ1n) is 8.65. The molecule has 26 heavy (non-hydrogen) atoms. The normalized spacial score (nSPS) is 20.1. The van der Waals surface area contributed by atoms with Crippen LogP contribution in [0.15, 0.2) is 72.8 Å². The highest BCUT2D eigenvalue weighted by Crippen LogP contribution is 2.35. The second kappa shape index (κ2) is 7.85. The van der Waals surface area contributed by atoms with Crippen molar-refractivity contribution in [3.05, 3.63) is 99.1 Å². The molecule has 0 saturated heterocycles. The van der Waals surface area contributed by atoms with Gasteiger partial charge in [0.1, 0.15) is 0 Å². The monoisotopic (exact) mass is 368 g/mol. The summed E-state index contributed by atoms with van der Waals surface area (Å²) in [7, 11) is 0. The standard InChI is InChI=1S/C21H21ClN2O2/c1-2-21(13-7-4-8-14-21)23-20(16-9-5-3-6-10-16)18-15-17(24(25)26)11-12-19(18)22/h3-13,15,20,23H,2,14H2,1H3/t20?,21-/m1/s1. The van der Waals surface area contributed by atoms with Crippen LogP contribution in [0.2, 0.25) is 5.02 Å². The summed E-state index contributed by atoms with van der Waals surface area (Å²) >= 11 is 6.46. The molecule has 0 aromatic heterocycles. The SMILES string of the molecule is CC[C@@]1(NC(c2ccccc2)c2cc([N+](=O)[O-])ccc2Cl)C=CC=CC1. The van der Waals surface area contributed by atoms with Crippen LogP contribution in [0, 0.1) is 10.1 Å². The number of nitro benzene ring substituents is 1. The van der Waals surface area contributed by atoms with Gasteiger partial charge in [-0.2, -0.15) is 0 Å². The second-order valence-electron chi connectivity index (χ2n) is 6.45. The smallest absolute Gasteiger partial charge is 0.269 e. The van der Waals surface area contributed by atoms with E-state index >= 15 is 0 Å². The molecule has 3 rings (SSSR count). The van der Waals surface area contributed by atoms with E-state index in [-0.39, 0.29) is 22.2 Å². The summed E-state index contributed by atoms with van der Waals surface area (Å²) in [5.41, 5.74) is 1.55. The van der Waals surface area contributed by atoms with E-state index in [0.29, 0.717) is 10.6 Å². The van der Waals surface area contributed by atoms with E-state index in [1.165, 1.54) is 6.07 Å². The molecule has 5 heteroatoms. The lowest BCUT2D eigenvalue weighted by Crippen LogP contribution is -2.45. The summed E-state index contributed by atoms with van der Waals surface area (Å²) in [6, 6.07) is 14.3. The molecule has 0 radical (unpaired) electrons. The van der Waals surface area contributed by atoms with E-state index in [0.717, 1.165) is 18.4 Å². The van der Waals surface area contributed by atoms with E-state index < -0.39 is 0 Å². The zero-order valence-corrected chi connectivity index (χ0v) is 15.3. The topological polar surface area (TPSA) is 55.2 Å². The molecule has 2 atom stereocenters. The van der Waals surface area contributed by atoms with Crippen molar-refractivity contribution < 1.29 is 4.92 Å². The van der Waals surface area contributed by atoms with Gasteiger partial charge < -0.3 is 0 Å². The van der Waals surface area contributed by atoms with Gasteiger partial charge >= 0.3 is 0 Å². The zero-order valence-electron chi connectivity index (χ0n) is 14.6. The van der Waals surface area contributed by atoms with Crippen LogP contribution in [-0.2, 0) is 0 Å². The van der Waals surface area contributed by atoms with E-state index in [1.807, 2.05) is 42.5 Å². The third-order valence-corrected chi connectivity index (χ3v) is 5.19. The molecule has 0 amide bonds. The van der Waals surface area contributed by atoms with Crippen molar-refractivity contribution in [2.24, 2.45) is 0 Å². The van der Waals surface area contributed by atoms with Crippen LogP contribution in [0.4, 0.5) is 5.69 Å². The second-order valence-corrected chi connectivity index (χ2v) is 6.86. The molecule has 0 spiro atoms. The summed E-state index contributed by atoms with van der Waals surface area (Å²) in [4.78, 5) is 10.9. The average molecular weight is 369 g/mol. The average Bonchev–Trinajstić information content (AvgIpc) is 2.68. The molecule has 1 aliphatic carbocycles. The summed E-state index contributed by atoms with van der Waals surface area (Å²) < 4.78 is 0. The van der Waals surface area contributed by atoms with E-state index in [2.05, 4.69) is 24.4 Å². The summed E-state index contributed by atoms with van der Waals surface area (Å²) in [6.07, 6.45) is 10.1. The minimum absolute atomic E-state index is 0.0387. The van der Waals surface area contributed by atoms with Gasteiger partial charge in [-0.15, -0.1) is 0 Å². The Bertz CT molecular complexity index is 848. The zero-order chi connectivity index (χ0) is 18.6. The number of nitro groups is 1. The number of allylic oxidation sites excluding steroid dienone is 2. The number of non-ortho nitro benzene ring substituents is 1. The van der Waals surface area contributed by atoms with Gasteiger partial charge in [0, 0.05) is 22.7 Å². The van der Waals surface area contributed by atoms with Crippen LogP contribution < -0.4 is 5.32 Å². The highest BCUT2D eigenvalue weighted by Gasteiger charge is 2.31. The molecule has 0 aliphatic heterocycles. The van der Waals surface area contributed by atoms with Crippen molar-refractivity contribution in [2.45, 2.75) is 31.3 Å². The Hall–Kier alpha value is -2.43. The summed E-state index contributed by atoms with van der Waals surface area (Å²) in [6.45, 7) is 2.13. The molecule has 2 aromatic carbocycles. The molecule has 0 saturated carbocycles. The summed E-state index contributed by atoms with van der Waals surface area (Å²) in [5, 5.41) is 15.5. The third-order valence-electron chi connectivity index (χ3n) is 4.84. The largest absolute Gasteiger partial charge is 0.297 e. The number of nitrogens with one attached hydrogen (secondary N) is 1. The Balaban J connectivity index is 2.08. The van der Waals surface area contributed by atoms with Gasteiger partial charge in [0.15, 0.2) is 0 Å².